The lowest BCUT2D eigenvalue weighted by Gasteiger charge is -2.25. The van der Waals surface area contributed by atoms with Crippen LogP contribution in [0.5, 0.6) is 11.5 Å². The van der Waals surface area contributed by atoms with E-state index in [-0.39, 0.29) is 0 Å². The van der Waals surface area contributed by atoms with Crippen molar-refractivity contribution in [1.82, 2.24) is 20.0 Å². The monoisotopic (exact) mass is 474 g/mol. The van der Waals surface area contributed by atoms with Crippen molar-refractivity contribution in [2.75, 3.05) is 10.7 Å². The van der Waals surface area contributed by atoms with Crippen molar-refractivity contribution in [3.05, 3.63) is 133 Å². The van der Waals surface area contributed by atoms with Gasteiger partial charge < -0.3 is 15.5 Å². The third-order valence-corrected chi connectivity index (χ3v) is 5.39. The van der Waals surface area contributed by atoms with E-state index in [1.165, 1.54) is 17.5 Å². The summed E-state index contributed by atoms with van der Waals surface area (Å²) in [5.74, 6) is 2.74. The number of benzene rings is 3. The van der Waals surface area contributed by atoms with E-state index in [2.05, 4.69) is 55.0 Å². The zero-order chi connectivity index (χ0) is 24.4. The van der Waals surface area contributed by atoms with Crippen molar-refractivity contribution >= 4 is 17.3 Å². The lowest BCUT2D eigenvalue weighted by molar-refractivity contribution is 0.312. The lowest BCUT2D eigenvalue weighted by atomic mass is 10.2. The molecule has 0 fully saturated rings. The fraction of sp³-hybridized carbons (Fsp3) is 0.0690. The minimum absolute atomic E-state index is 0.656. The Morgan fingerprint density at radius 1 is 0.639 bits per heavy atom. The number of nitrogens with zero attached hydrogens (tertiary/aromatic N) is 4. The van der Waals surface area contributed by atoms with Crippen molar-refractivity contribution in [3.8, 4) is 11.5 Å². The van der Waals surface area contributed by atoms with Gasteiger partial charge in [-0.3, -0.25) is 0 Å². The van der Waals surface area contributed by atoms with Gasteiger partial charge in [0.1, 0.15) is 29.3 Å². The highest BCUT2D eigenvalue weighted by atomic mass is 16.5. The number of nitrogens with one attached hydrogen (secondary N) is 2. The fourth-order valence-electron chi connectivity index (χ4n) is 3.68. The Balaban J connectivity index is 1.31. The molecule has 0 aliphatic heterocycles. The number of ether oxygens (including phenoxy) is 1. The van der Waals surface area contributed by atoms with Gasteiger partial charge in [-0.25, -0.2) is 20.0 Å². The van der Waals surface area contributed by atoms with Crippen LogP contribution in [0.1, 0.15) is 11.1 Å². The first-order valence-corrected chi connectivity index (χ1v) is 11.7. The molecule has 3 aromatic carbocycles. The Morgan fingerprint density at radius 2 is 1.28 bits per heavy atom. The van der Waals surface area contributed by atoms with Crippen LogP contribution in [0.4, 0.5) is 17.3 Å². The maximum Gasteiger partial charge on any atom is 0.167 e. The van der Waals surface area contributed by atoms with Gasteiger partial charge in [0.25, 0.3) is 0 Å². The molecule has 0 saturated carbocycles. The number of hydrazine groups is 1. The summed E-state index contributed by atoms with van der Waals surface area (Å²) in [6.45, 7) is 1.39. The molecule has 5 aromatic rings. The Hall–Kier alpha value is -4.75. The molecule has 2 aromatic heterocycles. The van der Waals surface area contributed by atoms with Crippen molar-refractivity contribution in [1.29, 1.82) is 0 Å². The first-order valence-electron chi connectivity index (χ1n) is 11.7. The molecule has 0 aliphatic rings. The average molecular weight is 475 g/mol. The molecule has 0 saturated heterocycles. The standard InChI is InChI=1S/C29H26N6O/c1-4-10-23(11-5-1)20-35(21-24-12-6-2-7-13-24)34-29-27(19-30-22-32-29)33-28-17-16-26(18-31-28)36-25-14-8-3-9-15-25/h1-19,22H,20-21H2,(H,31,33)(H,30,32,34). The summed E-state index contributed by atoms with van der Waals surface area (Å²) in [7, 11) is 0. The highest BCUT2D eigenvalue weighted by Gasteiger charge is 2.12. The van der Waals surface area contributed by atoms with Gasteiger partial charge in [-0.1, -0.05) is 78.9 Å². The summed E-state index contributed by atoms with van der Waals surface area (Å²) in [5, 5.41) is 5.44. The molecule has 5 rings (SSSR count). The summed E-state index contributed by atoms with van der Waals surface area (Å²) < 4.78 is 5.84. The van der Waals surface area contributed by atoms with Gasteiger partial charge >= 0.3 is 0 Å². The number of anilines is 3. The number of aromatic nitrogens is 3. The molecular weight excluding hydrogens is 448 g/mol. The number of hydrogen-bond acceptors (Lipinski definition) is 7. The predicted molar refractivity (Wildman–Crippen MR) is 142 cm³/mol. The first-order chi connectivity index (χ1) is 17.8. The van der Waals surface area contributed by atoms with E-state index in [1.54, 1.807) is 12.4 Å². The van der Waals surface area contributed by atoms with E-state index in [0.717, 1.165) is 5.75 Å². The summed E-state index contributed by atoms with van der Waals surface area (Å²) in [4.78, 5) is 13.2. The summed E-state index contributed by atoms with van der Waals surface area (Å²) in [5.41, 5.74) is 6.58. The average Bonchev–Trinajstić information content (AvgIpc) is 2.93. The Labute approximate surface area is 210 Å². The van der Waals surface area contributed by atoms with Crippen LogP contribution in [0.25, 0.3) is 0 Å². The molecule has 2 heterocycles. The van der Waals surface area contributed by atoms with E-state index < -0.39 is 0 Å². The van der Waals surface area contributed by atoms with E-state index in [9.17, 15) is 0 Å². The Kier molecular flexibility index (Phi) is 7.41. The molecule has 7 heteroatoms. The Morgan fingerprint density at radius 3 is 1.89 bits per heavy atom. The molecule has 0 spiro atoms. The number of hydrogen-bond donors (Lipinski definition) is 2. The van der Waals surface area contributed by atoms with Crippen LogP contribution < -0.4 is 15.5 Å². The second-order valence-corrected chi connectivity index (χ2v) is 8.14. The molecule has 7 nitrogen and oxygen atoms in total. The van der Waals surface area contributed by atoms with Gasteiger partial charge in [-0.2, -0.15) is 0 Å². The van der Waals surface area contributed by atoms with Crippen molar-refractivity contribution in [2.24, 2.45) is 0 Å². The van der Waals surface area contributed by atoms with Gasteiger partial charge in [0.2, 0.25) is 0 Å². The van der Waals surface area contributed by atoms with E-state index in [4.69, 9.17) is 4.74 Å². The molecule has 0 bridgehead atoms. The summed E-state index contributed by atoms with van der Waals surface area (Å²) in [6, 6.07) is 34.0. The number of rotatable bonds is 10. The predicted octanol–water partition coefficient (Wildman–Crippen LogP) is 6.44. The summed E-state index contributed by atoms with van der Waals surface area (Å²) in [6.07, 6.45) is 4.94. The summed E-state index contributed by atoms with van der Waals surface area (Å²) >= 11 is 0. The number of para-hydroxylation sites is 1. The van der Waals surface area contributed by atoms with Crippen molar-refractivity contribution < 1.29 is 4.74 Å². The minimum atomic E-state index is 0.656. The van der Waals surface area contributed by atoms with E-state index in [1.807, 2.05) is 78.9 Å². The molecule has 178 valence electrons. The van der Waals surface area contributed by atoms with Crippen molar-refractivity contribution in [3.63, 3.8) is 0 Å². The fourth-order valence-corrected chi connectivity index (χ4v) is 3.68. The second-order valence-electron chi connectivity index (χ2n) is 8.14. The van der Waals surface area contributed by atoms with Crippen molar-refractivity contribution in [2.45, 2.75) is 13.1 Å². The minimum Gasteiger partial charge on any atom is -0.456 e. The van der Waals surface area contributed by atoms with Gasteiger partial charge in [0.15, 0.2) is 5.82 Å². The highest BCUT2D eigenvalue weighted by molar-refractivity contribution is 5.68. The molecule has 2 N–H and O–H groups in total. The molecule has 0 amide bonds. The van der Waals surface area contributed by atoms with E-state index >= 15 is 0 Å². The smallest absolute Gasteiger partial charge is 0.167 e. The second kappa shape index (κ2) is 11.6. The largest absolute Gasteiger partial charge is 0.456 e. The van der Waals surface area contributed by atoms with Crippen LogP contribution in [0, 0.1) is 0 Å². The maximum absolute atomic E-state index is 5.84. The Bertz CT molecular complexity index is 1310. The highest BCUT2D eigenvalue weighted by Crippen LogP contribution is 2.25. The zero-order valence-corrected chi connectivity index (χ0v) is 19.7. The van der Waals surface area contributed by atoms with Crippen LogP contribution in [0.3, 0.4) is 0 Å². The molecule has 0 unspecified atom stereocenters. The van der Waals surface area contributed by atoms with Gasteiger partial charge in [-0.15, -0.1) is 0 Å². The topological polar surface area (TPSA) is 75.2 Å². The van der Waals surface area contributed by atoms with Crippen LogP contribution >= 0.6 is 0 Å². The van der Waals surface area contributed by atoms with Gasteiger partial charge in [0, 0.05) is 13.1 Å². The van der Waals surface area contributed by atoms with Gasteiger partial charge in [0.05, 0.1) is 12.4 Å². The SMILES string of the molecule is c1ccc(CN(Cc2ccccc2)Nc2ncncc2Nc2ccc(Oc3ccccc3)cn2)cc1. The molecule has 0 radical (unpaired) electrons. The maximum atomic E-state index is 5.84. The third-order valence-electron chi connectivity index (χ3n) is 5.39. The van der Waals surface area contributed by atoms with E-state index in [0.29, 0.717) is 36.2 Å². The molecule has 36 heavy (non-hydrogen) atoms. The molecule has 0 atom stereocenters. The number of pyridine rings is 1. The van der Waals surface area contributed by atoms with Crippen LogP contribution in [0.15, 0.2) is 122 Å². The molecule has 0 aliphatic carbocycles. The van der Waals surface area contributed by atoms with Crippen LogP contribution in [-0.2, 0) is 13.1 Å². The zero-order valence-electron chi connectivity index (χ0n) is 19.7. The lowest BCUT2D eigenvalue weighted by Crippen LogP contribution is -2.30. The first kappa shape index (κ1) is 23.0. The normalized spacial score (nSPS) is 10.7. The van der Waals surface area contributed by atoms with Gasteiger partial charge in [-0.05, 0) is 35.4 Å². The quantitative estimate of drug-likeness (QED) is 0.226. The van der Waals surface area contributed by atoms with Crippen LogP contribution in [-0.4, -0.2) is 20.0 Å². The van der Waals surface area contributed by atoms with Crippen LogP contribution in [0.2, 0.25) is 0 Å². The third kappa shape index (κ3) is 6.43. The molecular formula is C29H26N6O.